The van der Waals surface area contributed by atoms with Gasteiger partial charge in [-0.3, -0.25) is 9.59 Å². The number of carboxylic acids is 2. The Bertz CT molecular complexity index is 344. The van der Waals surface area contributed by atoms with Crippen LogP contribution in [0.15, 0.2) is 0 Å². The van der Waals surface area contributed by atoms with Crippen LogP contribution in [0.3, 0.4) is 0 Å². The second-order valence-corrected chi connectivity index (χ2v) is 9.45. The van der Waals surface area contributed by atoms with Gasteiger partial charge in [-0.05, 0) is 12.8 Å². The van der Waals surface area contributed by atoms with Crippen LogP contribution in [0, 0.1) is 5.41 Å². The number of carboxylic acid groups (broad SMARTS) is 2. The van der Waals surface area contributed by atoms with E-state index in [1.807, 2.05) is 0 Å². The highest BCUT2D eigenvalue weighted by Gasteiger charge is 2.48. The van der Waals surface area contributed by atoms with Crippen LogP contribution in [0.25, 0.3) is 0 Å². The summed E-state index contributed by atoms with van der Waals surface area (Å²) in [7, 11) is 0. The smallest absolute Gasteiger partial charge is 0.309 e. The van der Waals surface area contributed by atoms with E-state index in [-0.39, 0.29) is 19.3 Å². The zero-order valence-electron chi connectivity index (χ0n) is 10.0. The van der Waals surface area contributed by atoms with Crippen LogP contribution in [0.5, 0.6) is 0 Å². The lowest BCUT2D eigenvalue weighted by molar-refractivity contribution is -0.151. The van der Waals surface area contributed by atoms with E-state index in [9.17, 15) is 14.7 Å². The number of halogens is 6. The number of hydrogen-bond donors (Lipinski definition) is 2. The lowest BCUT2D eigenvalue weighted by Crippen LogP contribution is -2.38. The Labute approximate surface area is 146 Å². The highest BCUT2D eigenvalue weighted by molar-refractivity contribution is 6.68. The van der Waals surface area contributed by atoms with Crippen molar-refractivity contribution in [2.45, 2.75) is 39.7 Å². The Morgan fingerprint density at radius 1 is 0.850 bits per heavy atom. The monoisotopic (exact) mass is 406 g/mol. The third kappa shape index (κ3) is 8.85. The molecule has 0 amide bonds. The molecule has 0 aromatic carbocycles. The molecule has 0 spiro atoms. The van der Waals surface area contributed by atoms with Crippen LogP contribution in [0.4, 0.5) is 0 Å². The summed E-state index contributed by atoms with van der Waals surface area (Å²) in [4.78, 5) is 22.1. The van der Waals surface area contributed by atoms with Crippen LogP contribution < -0.4 is 0 Å². The molecule has 10 heteroatoms. The summed E-state index contributed by atoms with van der Waals surface area (Å²) >= 11 is 33.9. The molecule has 0 heterocycles. The van der Waals surface area contributed by atoms with Gasteiger partial charge < -0.3 is 10.2 Å². The maximum absolute atomic E-state index is 11.6. The molecule has 0 rings (SSSR count). The average Bonchev–Trinajstić information content (AvgIpc) is 2.10. The fourth-order valence-electron chi connectivity index (χ4n) is 1.84. The molecule has 4 nitrogen and oxygen atoms in total. The van der Waals surface area contributed by atoms with Crippen LogP contribution in [0.2, 0.25) is 0 Å². The summed E-state index contributed by atoms with van der Waals surface area (Å²) in [6.07, 6.45) is -1.05. The molecule has 0 unspecified atom stereocenters. The lowest BCUT2D eigenvalue weighted by Gasteiger charge is -2.34. The highest BCUT2D eigenvalue weighted by Crippen LogP contribution is 2.50. The molecule has 0 bridgehead atoms. The van der Waals surface area contributed by atoms with Gasteiger partial charge >= 0.3 is 11.9 Å². The third-order valence-electron chi connectivity index (χ3n) is 2.58. The first kappa shape index (κ1) is 20.7. The standard InChI is InChI=1S/C10H12Cl6O4/c11-9(12,13)4-8(7(19)20,5-10(14,15)16)3-1-2-6(17)18/h1-5H2,(H,17,18)(H,19,20). The van der Waals surface area contributed by atoms with Gasteiger partial charge in [0.1, 0.15) is 0 Å². The Morgan fingerprint density at radius 2 is 1.25 bits per heavy atom. The zero-order valence-corrected chi connectivity index (χ0v) is 14.5. The van der Waals surface area contributed by atoms with Gasteiger partial charge in [-0.2, -0.15) is 0 Å². The molecular weight excluding hydrogens is 397 g/mol. The van der Waals surface area contributed by atoms with Crippen molar-refractivity contribution in [2.75, 3.05) is 0 Å². The number of alkyl halides is 6. The number of carbonyl (C=O) groups is 2. The quantitative estimate of drug-likeness (QED) is 0.591. The largest absolute Gasteiger partial charge is 0.481 e. The topological polar surface area (TPSA) is 74.6 Å². The van der Waals surface area contributed by atoms with Crippen LogP contribution in [-0.2, 0) is 9.59 Å². The fourth-order valence-corrected chi connectivity index (χ4v) is 3.38. The van der Waals surface area contributed by atoms with E-state index in [1.165, 1.54) is 0 Å². The molecule has 0 aromatic heterocycles. The molecule has 0 aliphatic carbocycles. The molecule has 0 saturated heterocycles. The van der Waals surface area contributed by atoms with Crippen molar-refractivity contribution in [2.24, 2.45) is 5.41 Å². The maximum Gasteiger partial charge on any atom is 0.309 e. The Kier molecular flexibility index (Phi) is 8.06. The van der Waals surface area contributed by atoms with E-state index < -0.39 is 37.8 Å². The van der Waals surface area contributed by atoms with Crippen LogP contribution in [0.1, 0.15) is 32.1 Å². The predicted molar refractivity (Wildman–Crippen MR) is 81.4 cm³/mol. The maximum atomic E-state index is 11.6. The van der Waals surface area contributed by atoms with E-state index in [2.05, 4.69) is 0 Å². The Balaban J connectivity index is 5.23. The van der Waals surface area contributed by atoms with E-state index >= 15 is 0 Å². The van der Waals surface area contributed by atoms with Gasteiger partial charge in [0.15, 0.2) is 7.59 Å². The molecule has 0 saturated carbocycles. The molecule has 0 aromatic rings. The van der Waals surface area contributed by atoms with E-state index in [4.69, 9.17) is 74.7 Å². The van der Waals surface area contributed by atoms with E-state index in [0.717, 1.165) is 0 Å². The average molecular weight is 409 g/mol. The Morgan fingerprint density at radius 3 is 1.50 bits per heavy atom. The van der Waals surface area contributed by atoms with Crippen molar-refractivity contribution in [3.8, 4) is 0 Å². The van der Waals surface area contributed by atoms with Gasteiger partial charge in [0, 0.05) is 19.3 Å². The molecular formula is C10H12Cl6O4. The lowest BCUT2D eigenvalue weighted by atomic mass is 9.77. The third-order valence-corrected chi connectivity index (χ3v) is 3.38. The van der Waals surface area contributed by atoms with Crippen molar-refractivity contribution < 1.29 is 19.8 Å². The minimum absolute atomic E-state index is 0.0587. The SMILES string of the molecule is O=C(O)CCCC(CC(Cl)(Cl)Cl)(CC(Cl)(Cl)Cl)C(=O)O. The molecule has 0 radical (unpaired) electrons. The van der Waals surface area contributed by atoms with E-state index in [1.54, 1.807) is 0 Å². The minimum Gasteiger partial charge on any atom is -0.481 e. The summed E-state index contributed by atoms with van der Waals surface area (Å²) in [5, 5.41) is 18.0. The van der Waals surface area contributed by atoms with Crippen LogP contribution in [-0.4, -0.2) is 29.7 Å². The Hall–Kier alpha value is 0.680. The first-order valence-corrected chi connectivity index (χ1v) is 7.63. The highest BCUT2D eigenvalue weighted by atomic mass is 35.6. The van der Waals surface area contributed by atoms with Crippen LogP contribution >= 0.6 is 69.6 Å². The number of hydrogen-bond acceptors (Lipinski definition) is 2. The zero-order chi connectivity index (χ0) is 16.2. The van der Waals surface area contributed by atoms with Crippen molar-refractivity contribution in [1.29, 1.82) is 0 Å². The molecule has 0 aliphatic heterocycles. The summed E-state index contributed by atoms with van der Waals surface area (Å²) in [6.45, 7) is 0. The molecule has 0 aliphatic rings. The van der Waals surface area contributed by atoms with Gasteiger partial charge in [-0.15, -0.1) is 0 Å². The first-order chi connectivity index (χ1) is 8.77. The summed E-state index contributed by atoms with van der Waals surface area (Å²) in [5.41, 5.74) is -1.63. The van der Waals surface area contributed by atoms with Crippen molar-refractivity contribution >= 4 is 81.5 Å². The van der Waals surface area contributed by atoms with E-state index in [0.29, 0.717) is 0 Å². The molecule has 2 N–H and O–H groups in total. The fraction of sp³-hybridized carbons (Fsp3) is 0.800. The van der Waals surface area contributed by atoms with Crippen molar-refractivity contribution in [1.82, 2.24) is 0 Å². The number of rotatable bonds is 7. The van der Waals surface area contributed by atoms with Gasteiger partial charge in [0.05, 0.1) is 5.41 Å². The predicted octanol–water partition coefficient (Wildman–Crippen LogP) is 4.83. The van der Waals surface area contributed by atoms with Gasteiger partial charge in [0.2, 0.25) is 0 Å². The first-order valence-electron chi connectivity index (χ1n) is 5.36. The molecule has 20 heavy (non-hydrogen) atoms. The van der Waals surface area contributed by atoms with Crippen molar-refractivity contribution in [3.63, 3.8) is 0 Å². The molecule has 118 valence electrons. The van der Waals surface area contributed by atoms with Crippen molar-refractivity contribution in [3.05, 3.63) is 0 Å². The van der Waals surface area contributed by atoms with Gasteiger partial charge in [0.25, 0.3) is 0 Å². The number of aliphatic carboxylic acids is 2. The summed E-state index contributed by atoms with van der Waals surface area (Å²) in [6, 6.07) is 0. The normalized spacial score (nSPS) is 13.3. The minimum atomic E-state index is -1.86. The second-order valence-electron chi connectivity index (χ2n) is 4.42. The molecule has 0 atom stereocenters. The molecule has 0 fully saturated rings. The summed E-state index contributed by atoms with van der Waals surface area (Å²) in [5.74, 6) is -2.37. The van der Waals surface area contributed by atoms with Gasteiger partial charge in [-0.25, -0.2) is 0 Å². The summed E-state index contributed by atoms with van der Waals surface area (Å²) < 4.78 is -3.73. The second kappa shape index (κ2) is 7.80. The van der Waals surface area contributed by atoms with Gasteiger partial charge in [-0.1, -0.05) is 69.6 Å².